The number of carbonyl (C=O) groups is 2. The van der Waals surface area contributed by atoms with Crippen molar-refractivity contribution < 1.29 is 9.59 Å². The van der Waals surface area contributed by atoms with Crippen molar-refractivity contribution in [2.75, 3.05) is 19.6 Å². The summed E-state index contributed by atoms with van der Waals surface area (Å²) >= 11 is 0. The van der Waals surface area contributed by atoms with Gasteiger partial charge in [0.05, 0.1) is 6.54 Å². The molecule has 0 bridgehead atoms. The molecule has 20 heavy (non-hydrogen) atoms. The Morgan fingerprint density at radius 1 is 1.25 bits per heavy atom. The summed E-state index contributed by atoms with van der Waals surface area (Å²) in [4.78, 5) is 25.9. The van der Waals surface area contributed by atoms with E-state index >= 15 is 0 Å². The lowest BCUT2D eigenvalue weighted by atomic mass is 9.78. The van der Waals surface area contributed by atoms with Crippen LogP contribution in [0.15, 0.2) is 0 Å². The predicted molar refractivity (Wildman–Crippen MR) is 77.9 cm³/mol. The lowest BCUT2D eigenvalue weighted by molar-refractivity contribution is -0.133. The van der Waals surface area contributed by atoms with Crippen LogP contribution in [0.25, 0.3) is 0 Å². The molecule has 5 nitrogen and oxygen atoms in total. The van der Waals surface area contributed by atoms with Gasteiger partial charge in [0.1, 0.15) is 0 Å². The Balaban J connectivity index is 1.74. The molecule has 0 aromatic carbocycles. The average Bonchev–Trinajstić information content (AvgIpc) is 2.97. The summed E-state index contributed by atoms with van der Waals surface area (Å²) in [5.41, 5.74) is 5.98. The van der Waals surface area contributed by atoms with Crippen LogP contribution in [-0.2, 0) is 9.59 Å². The van der Waals surface area contributed by atoms with Crippen molar-refractivity contribution in [3.63, 3.8) is 0 Å². The second-order valence-electron chi connectivity index (χ2n) is 6.28. The SMILES string of the molecule is CC(C(=O)NCC(=O)N1CCCC1)C1CCCC(N)C1. The zero-order valence-electron chi connectivity index (χ0n) is 12.4. The van der Waals surface area contributed by atoms with Crippen molar-refractivity contribution in [3.8, 4) is 0 Å². The van der Waals surface area contributed by atoms with E-state index in [2.05, 4.69) is 5.32 Å². The summed E-state index contributed by atoms with van der Waals surface area (Å²) in [5, 5.41) is 2.80. The van der Waals surface area contributed by atoms with Crippen molar-refractivity contribution in [3.05, 3.63) is 0 Å². The molecule has 3 atom stereocenters. The molecule has 3 unspecified atom stereocenters. The van der Waals surface area contributed by atoms with E-state index in [-0.39, 0.29) is 30.3 Å². The van der Waals surface area contributed by atoms with Crippen LogP contribution in [-0.4, -0.2) is 42.4 Å². The molecule has 5 heteroatoms. The molecule has 0 spiro atoms. The largest absolute Gasteiger partial charge is 0.347 e. The van der Waals surface area contributed by atoms with Gasteiger partial charge in [0, 0.05) is 25.0 Å². The number of carbonyl (C=O) groups excluding carboxylic acids is 2. The van der Waals surface area contributed by atoms with Crippen LogP contribution in [0.5, 0.6) is 0 Å². The normalized spacial score (nSPS) is 28.2. The first-order valence-corrected chi connectivity index (χ1v) is 7.89. The molecular formula is C15H27N3O2. The van der Waals surface area contributed by atoms with Gasteiger partial charge < -0.3 is 16.0 Å². The lowest BCUT2D eigenvalue weighted by Gasteiger charge is -2.30. The molecule has 2 fully saturated rings. The minimum Gasteiger partial charge on any atom is -0.347 e. The summed E-state index contributed by atoms with van der Waals surface area (Å²) < 4.78 is 0. The van der Waals surface area contributed by atoms with E-state index in [0.717, 1.165) is 51.6 Å². The third kappa shape index (κ3) is 3.95. The van der Waals surface area contributed by atoms with Gasteiger partial charge in [0.15, 0.2) is 0 Å². The van der Waals surface area contributed by atoms with Gasteiger partial charge in [0.25, 0.3) is 0 Å². The maximum Gasteiger partial charge on any atom is 0.241 e. The minimum absolute atomic E-state index is 0.00310. The van der Waals surface area contributed by atoms with Crippen LogP contribution in [0.3, 0.4) is 0 Å². The highest BCUT2D eigenvalue weighted by atomic mass is 16.2. The molecule has 1 heterocycles. The van der Waals surface area contributed by atoms with E-state index < -0.39 is 0 Å². The summed E-state index contributed by atoms with van der Waals surface area (Å²) in [6.45, 7) is 3.77. The molecule has 3 N–H and O–H groups in total. The fraction of sp³-hybridized carbons (Fsp3) is 0.867. The third-order valence-electron chi connectivity index (χ3n) is 4.75. The Bertz CT molecular complexity index is 353. The van der Waals surface area contributed by atoms with Gasteiger partial charge in [-0.05, 0) is 38.0 Å². The number of likely N-dealkylation sites (tertiary alicyclic amines) is 1. The van der Waals surface area contributed by atoms with E-state index in [1.807, 2.05) is 11.8 Å². The average molecular weight is 281 g/mol. The van der Waals surface area contributed by atoms with Crippen LogP contribution in [0.4, 0.5) is 0 Å². The van der Waals surface area contributed by atoms with Crippen LogP contribution in [0.2, 0.25) is 0 Å². The van der Waals surface area contributed by atoms with Crippen LogP contribution in [0.1, 0.15) is 45.4 Å². The standard InChI is InChI=1S/C15H27N3O2/c1-11(12-5-4-6-13(16)9-12)15(20)17-10-14(19)18-7-2-3-8-18/h11-13H,2-10,16H2,1H3,(H,17,20). The van der Waals surface area contributed by atoms with Crippen LogP contribution < -0.4 is 11.1 Å². The molecule has 1 saturated heterocycles. The number of nitrogens with zero attached hydrogens (tertiary/aromatic N) is 1. The van der Waals surface area contributed by atoms with E-state index in [4.69, 9.17) is 5.73 Å². The number of rotatable bonds is 4. The fourth-order valence-electron chi connectivity index (χ4n) is 3.34. The maximum absolute atomic E-state index is 12.1. The van der Waals surface area contributed by atoms with E-state index in [1.54, 1.807) is 0 Å². The number of nitrogens with two attached hydrogens (primary N) is 1. The van der Waals surface area contributed by atoms with Crippen LogP contribution in [0, 0.1) is 11.8 Å². The second kappa shape index (κ2) is 7.07. The molecule has 1 aliphatic heterocycles. The molecule has 0 radical (unpaired) electrons. The Morgan fingerprint density at radius 3 is 2.60 bits per heavy atom. The van der Waals surface area contributed by atoms with Gasteiger partial charge >= 0.3 is 0 Å². The minimum atomic E-state index is -0.0484. The molecule has 2 amide bonds. The number of hydrogen-bond acceptors (Lipinski definition) is 3. The third-order valence-corrected chi connectivity index (χ3v) is 4.75. The lowest BCUT2D eigenvalue weighted by Crippen LogP contribution is -2.43. The smallest absolute Gasteiger partial charge is 0.241 e. The van der Waals surface area contributed by atoms with E-state index in [1.165, 1.54) is 0 Å². The Labute approximate surface area is 121 Å². The highest BCUT2D eigenvalue weighted by Gasteiger charge is 2.29. The molecule has 2 aliphatic rings. The van der Waals surface area contributed by atoms with Crippen molar-refractivity contribution in [1.82, 2.24) is 10.2 Å². The number of nitrogens with one attached hydrogen (secondary N) is 1. The molecule has 0 aromatic rings. The van der Waals surface area contributed by atoms with Gasteiger partial charge in [-0.25, -0.2) is 0 Å². The van der Waals surface area contributed by atoms with Crippen molar-refractivity contribution in [2.24, 2.45) is 17.6 Å². The van der Waals surface area contributed by atoms with Gasteiger partial charge in [-0.1, -0.05) is 13.3 Å². The number of amides is 2. The predicted octanol–water partition coefficient (Wildman–Crippen LogP) is 0.879. The quantitative estimate of drug-likeness (QED) is 0.803. The maximum atomic E-state index is 12.1. The Morgan fingerprint density at radius 2 is 1.95 bits per heavy atom. The molecular weight excluding hydrogens is 254 g/mol. The fourth-order valence-corrected chi connectivity index (χ4v) is 3.34. The monoisotopic (exact) mass is 281 g/mol. The first-order chi connectivity index (χ1) is 9.58. The number of hydrogen-bond donors (Lipinski definition) is 2. The highest BCUT2D eigenvalue weighted by Crippen LogP contribution is 2.29. The van der Waals surface area contributed by atoms with Gasteiger partial charge in [-0.3, -0.25) is 9.59 Å². The van der Waals surface area contributed by atoms with Crippen molar-refractivity contribution in [1.29, 1.82) is 0 Å². The van der Waals surface area contributed by atoms with Gasteiger partial charge in [0.2, 0.25) is 11.8 Å². The molecule has 114 valence electrons. The Hall–Kier alpha value is -1.10. The first-order valence-electron chi connectivity index (χ1n) is 7.89. The summed E-state index contributed by atoms with van der Waals surface area (Å²) in [7, 11) is 0. The van der Waals surface area contributed by atoms with Crippen LogP contribution >= 0.6 is 0 Å². The van der Waals surface area contributed by atoms with Gasteiger partial charge in [-0.2, -0.15) is 0 Å². The van der Waals surface area contributed by atoms with Crippen molar-refractivity contribution in [2.45, 2.75) is 51.5 Å². The van der Waals surface area contributed by atoms with E-state index in [9.17, 15) is 9.59 Å². The molecule has 1 aliphatic carbocycles. The summed E-state index contributed by atoms with van der Waals surface area (Å²) in [6.07, 6.45) is 6.33. The zero-order chi connectivity index (χ0) is 14.5. The second-order valence-corrected chi connectivity index (χ2v) is 6.28. The van der Waals surface area contributed by atoms with Crippen molar-refractivity contribution >= 4 is 11.8 Å². The van der Waals surface area contributed by atoms with E-state index in [0.29, 0.717) is 5.92 Å². The Kier molecular flexibility index (Phi) is 5.40. The summed E-state index contributed by atoms with van der Waals surface area (Å²) in [6, 6.07) is 0.232. The topological polar surface area (TPSA) is 75.4 Å². The first kappa shape index (κ1) is 15.3. The summed E-state index contributed by atoms with van der Waals surface area (Å²) in [5.74, 6) is 0.355. The molecule has 2 rings (SSSR count). The molecule has 1 saturated carbocycles. The zero-order valence-corrected chi connectivity index (χ0v) is 12.4. The molecule has 0 aromatic heterocycles. The highest BCUT2D eigenvalue weighted by molar-refractivity contribution is 5.85. The van der Waals surface area contributed by atoms with Gasteiger partial charge in [-0.15, -0.1) is 0 Å².